The van der Waals surface area contributed by atoms with Gasteiger partial charge in [0.1, 0.15) is 5.75 Å². The largest absolute Gasteiger partial charge is 0.438 e. The van der Waals surface area contributed by atoms with Crippen LogP contribution in [-0.2, 0) is 12.8 Å². The number of benzene rings is 1. The number of ether oxygens (including phenoxy) is 1. The first-order valence-electron chi connectivity index (χ1n) is 5.83. The Kier molecular flexibility index (Phi) is 3.27. The van der Waals surface area contributed by atoms with Gasteiger partial charge in [0.25, 0.3) is 0 Å². The molecule has 0 bridgehead atoms. The SMILES string of the molecule is Clc1cnc(Oc2ccc3c(c2)CCC3)c(Br)c1. The molecule has 0 N–H and O–H groups in total. The number of hydrogen-bond donors (Lipinski definition) is 0. The number of aromatic nitrogens is 1. The highest BCUT2D eigenvalue weighted by Gasteiger charge is 2.12. The number of halogens is 2. The first-order valence-corrected chi connectivity index (χ1v) is 7.00. The summed E-state index contributed by atoms with van der Waals surface area (Å²) in [7, 11) is 0. The lowest BCUT2D eigenvalue weighted by atomic mass is 10.1. The maximum Gasteiger partial charge on any atom is 0.233 e. The molecule has 0 aliphatic heterocycles. The summed E-state index contributed by atoms with van der Waals surface area (Å²) in [6, 6.07) is 8.01. The fourth-order valence-electron chi connectivity index (χ4n) is 2.20. The zero-order chi connectivity index (χ0) is 12.5. The molecule has 18 heavy (non-hydrogen) atoms. The molecule has 0 fully saturated rings. The van der Waals surface area contributed by atoms with Crippen LogP contribution in [0.1, 0.15) is 17.5 Å². The molecule has 0 radical (unpaired) electrons. The summed E-state index contributed by atoms with van der Waals surface area (Å²) in [4.78, 5) is 4.17. The smallest absolute Gasteiger partial charge is 0.233 e. The highest BCUT2D eigenvalue weighted by Crippen LogP contribution is 2.32. The highest BCUT2D eigenvalue weighted by atomic mass is 79.9. The minimum absolute atomic E-state index is 0.539. The van der Waals surface area contributed by atoms with E-state index >= 15 is 0 Å². The topological polar surface area (TPSA) is 22.1 Å². The molecule has 4 heteroatoms. The van der Waals surface area contributed by atoms with E-state index in [1.165, 1.54) is 24.0 Å². The van der Waals surface area contributed by atoms with Crippen LogP contribution in [0, 0.1) is 0 Å². The lowest BCUT2D eigenvalue weighted by Gasteiger charge is -2.08. The van der Waals surface area contributed by atoms with Crippen LogP contribution in [0.3, 0.4) is 0 Å². The lowest BCUT2D eigenvalue weighted by molar-refractivity contribution is 0.459. The van der Waals surface area contributed by atoms with Gasteiger partial charge >= 0.3 is 0 Å². The van der Waals surface area contributed by atoms with Crippen LogP contribution in [0.4, 0.5) is 0 Å². The Morgan fingerprint density at radius 1 is 1.17 bits per heavy atom. The summed E-state index contributed by atoms with van der Waals surface area (Å²) in [6.07, 6.45) is 5.14. The van der Waals surface area contributed by atoms with Gasteiger partial charge in [-0.25, -0.2) is 4.98 Å². The monoisotopic (exact) mass is 323 g/mol. The molecular formula is C14H11BrClNO. The van der Waals surface area contributed by atoms with E-state index in [1.807, 2.05) is 6.07 Å². The fourth-order valence-corrected chi connectivity index (χ4v) is 2.92. The van der Waals surface area contributed by atoms with Crippen LogP contribution in [0.25, 0.3) is 0 Å². The van der Waals surface area contributed by atoms with E-state index in [0.29, 0.717) is 10.9 Å². The van der Waals surface area contributed by atoms with Crippen LogP contribution in [0.15, 0.2) is 34.9 Å². The molecular weight excluding hydrogens is 314 g/mol. The van der Waals surface area contributed by atoms with Gasteiger partial charge in [0, 0.05) is 6.20 Å². The van der Waals surface area contributed by atoms with E-state index in [-0.39, 0.29) is 0 Å². The van der Waals surface area contributed by atoms with Crippen LogP contribution >= 0.6 is 27.5 Å². The molecule has 2 aromatic rings. The highest BCUT2D eigenvalue weighted by molar-refractivity contribution is 9.10. The first-order chi connectivity index (χ1) is 8.72. The molecule has 1 aliphatic rings. The predicted octanol–water partition coefficient (Wildman–Crippen LogP) is 4.78. The van der Waals surface area contributed by atoms with E-state index in [2.05, 4.69) is 33.0 Å². The van der Waals surface area contributed by atoms with Crippen LogP contribution < -0.4 is 4.74 Å². The Labute approximate surface area is 119 Å². The van der Waals surface area contributed by atoms with Gasteiger partial charge in [-0.3, -0.25) is 0 Å². The van der Waals surface area contributed by atoms with E-state index in [9.17, 15) is 0 Å². The third-order valence-electron chi connectivity index (χ3n) is 3.06. The molecule has 0 spiro atoms. The quantitative estimate of drug-likeness (QED) is 0.793. The average Bonchev–Trinajstić information content (AvgIpc) is 2.80. The average molecular weight is 325 g/mol. The second-order valence-electron chi connectivity index (χ2n) is 4.33. The number of rotatable bonds is 2. The normalized spacial score (nSPS) is 13.4. The van der Waals surface area contributed by atoms with E-state index in [4.69, 9.17) is 16.3 Å². The van der Waals surface area contributed by atoms with Gasteiger partial charge in [0.15, 0.2) is 0 Å². The second kappa shape index (κ2) is 4.90. The summed E-state index contributed by atoms with van der Waals surface area (Å²) in [5.74, 6) is 1.36. The van der Waals surface area contributed by atoms with E-state index in [1.54, 1.807) is 12.3 Å². The van der Waals surface area contributed by atoms with Crippen molar-refractivity contribution < 1.29 is 4.74 Å². The third kappa shape index (κ3) is 2.38. The Morgan fingerprint density at radius 3 is 2.83 bits per heavy atom. The van der Waals surface area contributed by atoms with Gasteiger partial charge in [-0.1, -0.05) is 17.7 Å². The predicted molar refractivity (Wildman–Crippen MR) is 75.5 cm³/mol. The van der Waals surface area contributed by atoms with Crippen LogP contribution in [0.2, 0.25) is 5.02 Å². The summed E-state index contributed by atoms with van der Waals surface area (Å²) >= 11 is 9.24. The Bertz CT molecular complexity index is 600. The van der Waals surface area contributed by atoms with Crippen molar-refractivity contribution in [3.05, 3.63) is 51.1 Å². The maximum absolute atomic E-state index is 5.85. The van der Waals surface area contributed by atoms with Gasteiger partial charge < -0.3 is 4.74 Å². The van der Waals surface area contributed by atoms with Crippen molar-refractivity contribution in [3.8, 4) is 11.6 Å². The van der Waals surface area contributed by atoms with Crippen molar-refractivity contribution in [1.29, 1.82) is 0 Å². The standard InChI is InChI=1S/C14H11BrClNO/c15-13-7-11(16)8-17-14(13)18-12-5-4-9-2-1-3-10(9)6-12/h4-8H,1-3H2. The van der Waals surface area contributed by atoms with Crippen LogP contribution in [-0.4, -0.2) is 4.98 Å². The molecule has 0 saturated heterocycles. The molecule has 0 atom stereocenters. The fraction of sp³-hybridized carbons (Fsp3) is 0.214. The Balaban J connectivity index is 1.88. The van der Waals surface area contributed by atoms with Crippen molar-refractivity contribution in [1.82, 2.24) is 4.98 Å². The molecule has 0 saturated carbocycles. The summed E-state index contributed by atoms with van der Waals surface area (Å²) in [6.45, 7) is 0. The number of fused-ring (bicyclic) bond motifs is 1. The molecule has 2 nitrogen and oxygen atoms in total. The minimum atomic E-state index is 0.539. The molecule has 1 aromatic carbocycles. The number of aryl methyl sites for hydroxylation is 2. The van der Waals surface area contributed by atoms with Crippen molar-refractivity contribution in [3.63, 3.8) is 0 Å². The van der Waals surface area contributed by atoms with Gasteiger partial charge in [-0.2, -0.15) is 0 Å². The molecule has 0 amide bonds. The van der Waals surface area contributed by atoms with Crippen molar-refractivity contribution in [2.75, 3.05) is 0 Å². The Morgan fingerprint density at radius 2 is 2.00 bits per heavy atom. The summed E-state index contributed by atoms with van der Waals surface area (Å²) in [5.41, 5.74) is 2.82. The zero-order valence-corrected chi connectivity index (χ0v) is 12.0. The van der Waals surface area contributed by atoms with Gasteiger partial charge in [0.05, 0.1) is 9.50 Å². The maximum atomic E-state index is 5.85. The molecule has 1 aromatic heterocycles. The molecule has 1 heterocycles. The summed E-state index contributed by atoms with van der Waals surface area (Å²) in [5, 5.41) is 0.586. The van der Waals surface area contributed by atoms with E-state index < -0.39 is 0 Å². The lowest BCUT2D eigenvalue weighted by Crippen LogP contribution is -1.91. The van der Waals surface area contributed by atoms with Crippen molar-refractivity contribution in [2.45, 2.75) is 19.3 Å². The van der Waals surface area contributed by atoms with Gasteiger partial charge in [-0.15, -0.1) is 0 Å². The molecule has 1 aliphatic carbocycles. The van der Waals surface area contributed by atoms with E-state index in [0.717, 1.165) is 16.6 Å². The minimum Gasteiger partial charge on any atom is -0.438 e. The summed E-state index contributed by atoms with van der Waals surface area (Å²) < 4.78 is 6.53. The zero-order valence-electron chi connectivity index (χ0n) is 9.62. The number of nitrogens with zero attached hydrogens (tertiary/aromatic N) is 1. The van der Waals surface area contributed by atoms with Crippen LogP contribution in [0.5, 0.6) is 11.6 Å². The number of hydrogen-bond acceptors (Lipinski definition) is 2. The Hall–Kier alpha value is -1.06. The molecule has 3 rings (SSSR count). The van der Waals surface area contributed by atoms with Gasteiger partial charge in [0.2, 0.25) is 5.88 Å². The first kappa shape index (κ1) is 12.0. The van der Waals surface area contributed by atoms with Crippen molar-refractivity contribution in [2.24, 2.45) is 0 Å². The van der Waals surface area contributed by atoms with Crippen molar-refractivity contribution >= 4 is 27.5 Å². The van der Waals surface area contributed by atoms with Gasteiger partial charge in [-0.05, 0) is 64.5 Å². The number of pyridine rings is 1. The second-order valence-corrected chi connectivity index (χ2v) is 5.62. The molecule has 92 valence electrons. The molecule has 0 unspecified atom stereocenters. The third-order valence-corrected chi connectivity index (χ3v) is 3.83.